The lowest BCUT2D eigenvalue weighted by molar-refractivity contribution is 0.0628. The summed E-state index contributed by atoms with van der Waals surface area (Å²) < 4.78 is 18.9. The molecule has 1 atom stereocenters. The minimum Gasteiger partial charge on any atom is -0.493 e. The first-order valence-electron chi connectivity index (χ1n) is 10.0. The third kappa shape index (κ3) is 5.43. The average Bonchev–Trinajstić information content (AvgIpc) is 3.47. The molecule has 1 aliphatic heterocycles. The van der Waals surface area contributed by atoms with Crippen LogP contribution in [-0.2, 0) is 13.1 Å². The van der Waals surface area contributed by atoms with Crippen molar-refractivity contribution in [3.8, 4) is 5.75 Å². The summed E-state index contributed by atoms with van der Waals surface area (Å²) in [7, 11) is 2.05. The van der Waals surface area contributed by atoms with Crippen molar-refractivity contribution in [3.05, 3.63) is 59.7 Å². The van der Waals surface area contributed by atoms with Gasteiger partial charge in [-0.25, -0.2) is 0 Å². The van der Waals surface area contributed by atoms with E-state index in [1.807, 2.05) is 23.1 Å². The molecule has 2 aromatic heterocycles. The van der Waals surface area contributed by atoms with Gasteiger partial charge in [0, 0.05) is 38.2 Å². The zero-order valence-electron chi connectivity index (χ0n) is 16.9. The highest BCUT2D eigenvalue weighted by atomic mass is 32.1. The van der Waals surface area contributed by atoms with Crippen LogP contribution < -0.4 is 4.74 Å². The molecule has 0 unspecified atom stereocenters. The average molecular weight is 428 g/mol. The number of carbonyl (C=O) groups is 1. The van der Waals surface area contributed by atoms with Crippen molar-refractivity contribution >= 4 is 17.6 Å². The first kappa shape index (κ1) is 20.5. The third-order valence-corrected chi connectivity index (χ3v) is 5.65. The smallest absolute Gasteiger partial charge is 0.275 e. The number of ether oxygens (including phenoxy) is 1. The van der Waals surface area contributed by atoms with E-state index in [0.29, 0.717) is 24.8 Å². The van der Waals surface area contributed by atoms with Crippen molar-refractivity contribution in [1.29, 1.82) is 0 Å². The van der Waals surface area contributed by atoms with E-state index in [0.717, 1.165) is 55.6 Å². The molecule has 3 heterocycles. The second-order valence-electron chi connectivity index (χ2n) is 7.67. The Morgan fingerprint density at radius 1 is 1.30 bits per heavy atom. The van der Waals surface area contributed by atoms with Crippen molar-refractivity contribution in [1.82, 2.24) is 23.7 Å². The van der Waals surface area contributed by atoms with Gasteiger partial charge in [-0.05, 0) is 37.6 Å². The molecule has 1 amide bonds. The Labute approximate surface area is 179 Å². The van der Waals surface area contributed by atoms with Crippen LogP contribution in [0.1, 0.15) is 34.6 Å². The van der Waals surface area contributed by atoms with Gasteiger partial charge in [0.25, 0.3) is 5.91 Å². The molecule has 9 heteroatoms. The lowest BCUT2D eigenvalue weighted by Crippen LogP contribution is -2.41. The van der Waals surface area contributed by atoms with Crippen LogP contribution in [0.15, 0.2) is 47.3 Å². The normalized spacial score (nSPS) is 16.7. The zero-order chi connectivity index (χ0) is 20.8. The van der Waals surface area contributed by atoms with Gasteiger partial charge in [0.2, 0.25) is 0 Å². The summed E-state index contributed by atoms with van der Waals surface area (Å²) in [6.07, 6.45) is 5.17. The maximum atomic E-state index is 12.5. The number of amides is 1. The molecule has 0 spiro atoms. The number of benzene rings is 1. The molecule has 0 radical (unpaired) electrons. The molecule has 0 aliphatic carbocycles. The summed E-state index contributed by atoms with van der Waals surface area (Å²) in [4.78, 5) is 16.5. The molecule has 0 N–H and O–H groups in total. The van der Waals surface area contributed by atoms with Gasteiger partial charge in [-0.2, -0.15) is 8.75 Å². The first-order chi connectivity index (χ1) is 14.7. The van der Waals surface area contributed by atoms with Gasteiger partial charge in [0.15, 0.2) is 5.69 Å². The molecule has 0 saturated carbocycles. The number of hydrogen-bond donors (Lipinski definition) is 0. The van der Waals surface area contributed by atoms with E-state index in [1.165, 1.54) is 11.8 Å². The van der Waals surface area contributed by atoms with E-state index in [4.69, 9.17) is 9.26 Å². The van der Waals surface area contributed by atoms with Gasteiger partial charge in [0.1, 0.15) is 12.0 Å². The van der Waals surface area contributed by atoms with E-state index in [9.17, 15) is 4.79 Å². The molecule has 30 heavy (non-hydrogen) atoms. The number of hydrogen-bond acceptors (Lipinski definition) is 8. The van der Waals surface area contributed by atoms with E-state index in [1.54, 1.807) is 6.26 Å². The summed E-state index contributed by atoms with van der Waals surface area (Å²) in [5, 5.41) is 3.94. The van der Waals surface area contributed by atoms with E-state index >= 15 is 0 Å². The third-order valence-electron chi connectivity index (χ3n) is 5.17. The topological polar surface area (TPSA) is 84.6 Å². The van der Waals surface area contributed by atoms with Gasteiger partial charge in [-0.3, -0.25) is 9.69 Å². The summed E-state index contributed by atoms with van der Waals surface area (Å²) in [5.74, 6) is 1.14. The quantitative estimate of drug-likeness (QED) is 0.546. The van der Waals surface area contributed by atoms with Crippen LogP contribution >= 0.6 is 11.7 Å². The summed E-state index contributed by atoms with van der Waals surface area (Å²) in [6.45, 7) is 3.62. The monoisotopic (exact) mass is 427 g/mol. The van der Waals surface area contributed by atoms with E-state index < -0.39 is 0 Å². The SMILES string of the molecule is CN(Cc1ccc(OC[C@@H]2CCCN(C(=O)c3cnsn3)C2)cc1)Cc1ccon1. The van der Waals surface area contributed by atoms with Crippen molar-refractivity contribution < 1.29 is 14.1 Å². The Morgan fingerprint density at radius 2 is 2.17 bits per heavy atom. The summed E-state index contributed by atoms with van der Waals surface area (Å²) in [5.41, 5.74) is 2.56. The molecule has 1 aromatic carbocycles. The lowest BCUT2D eigenvalue weighted by Gasteiger charge is -2.32. The maximum Gasteiger partial charge on any atom is 0.275 e. The molecule has 1 fully saturated rings. The van der Waals surface area contributed by atoms with Crippen LogP contribution in [0, 0.1) is 5.92 Å². The largest absolute Gasteiger partial charge is 0.493 e. The van der Waals surface area contributed by atoms with Crippen molar-refractivity contribution in [2.45, 2.75) is 25.9 Å². The minimum absolute atomic E-state index is 0.0347. The molecule has 1 saturated heterocycles. The van der Waals surface area contributed by atoms with Gasteiger partial charge >= 0.3 is 0 Å². The fraction of sp³-hybridized carbons (Fsp3) is 0.429. The number of rotatable bonds is 8. The fourth-order valence-corrected chi connectivity index (χ4v) is 4.08. The highest BCUT2D eigenvalue weighted by molar-refractivity contribution is 6.99. The summed E-state index contributed by atoms with van der Waals surface area (Å²) in [6, 6.07) is 10.1. The molecule has 8 nitrogen and oxygen atoms in total. The molecule has 1 aliphatic rings. The van der Waals surface area contributed by atoms with Crippen LogP contribution in [0.3, 0.4) is 0 Å². The van der Waals surface area contributed by atoms with Crippen molar-refractivity contribution in [3.63, 3.8) is 0 Å². The Hall–Kier alpha value is -2.78. The summed E-state index contributed by atoms with van der Waals surface area (Å²) >= 11 is 1.06. The van der Waals surface area contributed by atoms with Crippen molar-refractivity contribution in [2.24, 2.45) is 5.92 Å². The number of nitrogens with zero attached hydrogens (tertiary/aromatic N) is 5. The highest BCUT2D eigenvalue weighted by Crippen LogP contribution is 2.21. The second-order valence-corrected chi connectivity index (χ2v) is 8.23. The molecule has 158 valence electrons. The Kier molecular flexibility index (Phi) is 6.70. The number of piperidine rings is 1. The fourth-order valence-electron chi connectivity index (χ4n) is 3.67. The molecule has 0 bridgehead atoms. The number of carbonyl (C=O) groups excluding carboxylic acids is 1. The molecular weight excluding hydrogens is 402 g/mol. The van der Waals surface area contributed by atoms with E-state index in [-0.39, 0.29) is 5.91 Å². The van der Waals surface area contributed by atoms with Gasteiger partial charge in [-0.15, -0.1) is 0 Å². The highest BCUT2D eigenvalue weighted by Gasteiger charge is 2.26. The predicted octanol–water partition coefficient (Wildman–Crippen LogP) is 3.09. The standard InChI is InChI=1S/C21H25N5O3S/c1-25(14-18-8-10-29-23-18)12-16-4-6-19(7-5-16)28-15-17-3-2-9-26(13-17)21(27)20-11-22-30-24-20/h4-8,10-11,17H,2-3,9,12-15H2,1H3/t17-/m1/s1. The second kappa shape index (κ2) is 9.82. The van der Waals surface area contributed by atoms with Gasteiger partial charge in [0.05, 0.1) is 30.2 Å². The molecular formula is C21H25N5O3S. The lowest BCUT2D eigenvalue weighted by atomic mass is 9.98. The van der Waals surface area contributed by atoms with E-state index in [2.05, 4.69) is 38.0 Å². The van der Waals surface area contributed by atoms with Crippen LogP contribution in [-0.4, -0.2) is 56.4 Å². The maximum absolute atomic E-state index is 12.5. The number of likely N-dealkylation sites (tertiary alicyclic amines) is 1. The Morgan fingerprint density at radius 3 is 2.90 bits per heavy atom. The number of aromatic nitrogens is 3. The van der Waals surface area contributed by atoms with Crippen LogP contribution in [0.2, 0.25) is 0 Å². The van der Waals surface area contributed by atoms with Gasteiger partial charge in [-0.1, -0.05) is 17.3 Å². The van der Waals surface area contributed by atoms with Crippen molar-refractivity contribution in [2.75, 3.05) is 26.7 Å². The zero-order valence-corrected chi connectivity index (χ0v) is 17.8. The molecule has 4 rings (SSSR count). The first-order valence-corrected chi connectivity index (χ1v) is 10.8. The van der Waals surface area contributed by atoms with Crippen LogP contribution in [0.4, 0.5) is 0 Å². The Bertz CT molecular complexity index is 915. The van der Waals surface area contributed by atoms with Gasteiger partial charge < -0.3 is 14.2 Å². The minimum atomic E-state index is -0.0347. The Balaban J connectivity index is 1.24. The van der Waals surface area contributed by atoms with Crippen LogP contribution in [0.5, 0.6) is 5.75 Å². The predicted molar refractivity (Wildman–Crippen MR) is 112 cm³/mol. The van der Waals surface area contributed by atoms with Crippen LogP contribution in [0.25, 0.3) is 0 Å². The molecule has 3 aromatic rings.